The minimum absolute atomic E-state index is 0.000480. The number of amides is 1. The summed E-state index contributed by atoms with van der Waals surface area (Å²) in [6.07, 6.45) is 69.9. The molecule has 8 nitrogen and oxygen atoms in total. The first-order chi connectivity index (χ1) is 35.0. The van der Waals surface area contributed by atoms with Crippen LogP contribution in [-0.2, 0) is 18.4 Å². The molecule has 0 saturated carbocycles. The Morgan fingerprint density at radius 3 is 1.08 bits per heavy atom. The van der Waals surface area contributed by atoms with Crippen molar-refractivity contribution in [2.24, 2.45) is 0 Å². The summed E-state index contributed by atoms with van der Waals surface area (Å²) in [6, 6.07) is -0.887. The molecule has 2 N–H and O–H groups in total. The molecule has 0 saturated heterocycles. The van der Waals surface area contributed by atoms with Crippen LogP contribution in [0.1, 0.15) is 322 Å². The van der Waals surface area contributed by atoms with Crippen LogP contribution in [0.3, 0.4) is 0 Å². The van der Waals surface area contributed by atoms with Crippen LogP contribution in [-0.4, -0.2) is 68.5 Å². The van der Waals surface area contributed by atoms with Crippen LogP contribution in [0.2, 0.25) is 0 Å². The van der Waals surface area contributed by atoms with Gasteiger partial charge in [0.15, 0.2) is 0 Å². The summed E-state index contributed by atoms with van der Waals surface area (Å²) in [5, 5.41) is 13.9. The molecule has 3 unspecified atom stereocenters. The SMILES string of the molecule is CCCCCCCCCC/C=C\CCCCCCCCCCCC(=O)NC(COP(=O)([O-])OCC[N+](C)(C)C)C(O)/C=C/CCCCCCCCCCCCCCCCCCCCCCCCCCCCC. The van der Waals surface area contributed by atoms with Gasteiger partial charge in [0.2, 0.25) is 5.91 Å². The van der Waals surface area contributed by atoms with E-state index in [-0.39, 0.29) is 19.1 Å². The average Bonchev–Trinajstić information content (AvgIpc) is 3.34. The molecular formula is C63H125N2O6P. The summed E-state index contributed by atoms with van der Waals surface area (Å²) < 4.78 is 23.4. The Morgan fingerprint density at radius 2 is 0.764 bits per heavy atom. The number of aliphatic hydroxyl groups excluding tert-OH is 1. The molecule has 3 atom stereocenters. The van der Waals surface area contributed by atoms with Crippen molar-refractivity contribution < 1.29 is 32.9 Å². The van der Waals surface area contributed by atoms with Gasteiger partial charge in [-0.1, -0.05) is 295 Å². The molecule has 0 aliphatic rings. The van der Waals surface area contributed by atoms with E-state index in [1.807, 2.05) is 27.2 Å². The zero-order valence-electron chi connectivity index (χ0n) is 48.9. The number of likely N-dealkylation sites (N-methyl/N-ethyl adjacent to an activating group) is 1. The minimum atomic E-state index is -4.60. The maximum Gasteiger partial charge on any atom is 0.268 e. The number of allylic oxidation sites excluding steroid dienone is 3. The molecular weight excluding hydrogens is 912 g/mol. The number of nitrogens with one attached hydrogen (secondary N) is 1. The number of phosphoric acid groups is 1. The first-order valence-electron chi connectivity index (χ1n) is 31.7. The van der Waals surface area contributed by atoms with E-state index in [9.17, 15) is 19.4 Å². The van der Waals surface area contributed by atoms with Gasteiger partial charge in [0.1, 0.15) is 13.2 Å². The molecule has 0 aromatic rings. The lowest BCUT2D eigenvalue weighted by Gasteiger charge is -2.29. The first kappa shape index (κ1) is 71.0. The lowest BCUT2D eigenvalue weighted by atomic mass is 10.0. The van der Waals surface area contributed by atoms with Crippen LogP contribution in [0, 0.1) is 0 Å². The summed E-state index contributed by atoms with van der Waals surface area (Å²) in [5.41, 5.74) is 0. The highest BCUT2D eigenvalue weighted by molar-refractivity contribution is 7.45. The summed E-state index contributed by atoms with van der Waals surface area (Å²) >= 11 is 0. The summed E-state index contributed by atoms with van der Waals surface area (Å²) in [5.74, 6) is -0.194. The van der Waals surface area contributed by atoms with Gasteiger partial charge in [0, 0.05) is 6.42 Å². The van der Waals surface area contributed by atoms with Crippen LogP contribution in [0.15, 0.2) is 24.3 Å². The second-order valence-electron chi connectivity index (χ2n) is 23.1. The lowest BCUT2D eigenvalue weighted by molar-refractivity contribution is -0.870. The maximum atomic E-state index is 13.0. The molecule has 0 rings (SSSR count). The second-order valence-corrected chi connectivity index (χ2v) is 24.5. The number of rotatable bonds is 59. The topological polar surface area (TPSA) is 108 Å². The Hall–Kier alpha value is -1.02. The normalized spacial score (nSPS) is 13.9. The third kappa shape index (κ3) is 56.7. The fraction of sp³-hybridized carbons (Fsp3) is 0.921. The molecule has 9 heteroatoms. The molecule has 0 aromatic heterocycles. The largest absolute Gasteiger partial charge is 0.756 e. The molecule has 0 aromatic carbocycles. The van der Waals surface area contributed by atoms with Gasteiger partial charge < -0.3 is 28.8 Å². The predicted octanol–water partition coefficient (Wildman–Crippen LogP) is 18.9. The zero-order chi connectivity index (χ0) is 52.7. The quantitative estimate of drug-likeness (QED) is 0.0272. The van der Waals surface area contributed by atoms with Crippen molar-refractivity contribution in [2.75, 3.05) is 40.9 Å². The predicted molar refractivity (Wildman–Crippen MR) is 312 cm³/mol. The standard InChI is InChI=1S/C63H125N2O6P/c1-6-8-10-12-14-16-18-20-22-24-26-28-29-30-31-32-33-34-35-37-38-40-42-44-46-48-50-52-54-56-62(66)61(60-71-72(68,69)70-59-58-65(3,4)5)64-63(67)57-55-53-51-49-47-45-43-41-39-36-27-25-23-21-19-17-15-13-11-9-7-2/h25,27,54,56,61-62,66H,6-24,26,28-53,55,57-60H2,1-5H3,(H-,64,67,68,69)/b27-25-,56-54+. The van der Waals surface area contributed by atoms with Gasteiger partial charge in [0.05, 0.1) is 39.9 Å². The highest BCUT2D eigenvalue weighted by Crippen LogP contribution is 2.38. The fourth-order valence-electron chi connectivity index (χ4n) is 9.68. The fourth-order valence-corrected chi connectivity index (χ4v) is 10.4. The van der Waals surface area contributed by atoms with Crippen molar-refractivity contribution in [2.45, 2.75) is 334 Å². The molecule has 0 aliphatic carbocycles. The zero-order valence-corrected chi connectivity index (χ0v) is 49.8. The lowest BCUT2D eigenvalue weighted by Crippen LogP contribution is -2.45. The number of hydrogen-bond donors (Lipinski definition) is 2. The maximum absolute atomic E-state index is 13.0. The molecule has 0 aliphatic heterocycles. The highest BCUT2D eigenvalue weighted by Gasteiger charge is 2.23. The van der Waals surface area contributed by atoms with Crippen molar-refractivity contribution in [1.82, 2.24) is 5.32 Å². The summed E-state index contributed by atoms with van der Waals surface area (Å²) in [6.45, 7) is 4.70. The molecule has 0 fully saturated rings. The number of aliphatic hydroxyl groups is 1. The highest BCUT2D eigenvalue weighted by atomic mass is 31.2. The number of quaternary nitrogens is 1. The van der Waals surface area contributed by atoms with E-state index >= 15 is 0 Å². The Labute approximate surface area is 449 Å². The number of carbonyl (C=O) groups excluding carboxylic acids is 1. The Balaban J connectivity index is 4.11. The van der Waals surface area contributed by atoms with Crippen LogP contribution in [0.25, 0.3) is 0 Å². The van der Waals surface area contributed by atoms with Gasteiger partial charge in [-0.25, -0.2) is 0 Å². The van der Waals surface area contributed by atoms with Gasteiger partial charge in [-0.2, -0.15) is 0 Å². The van der Waals surface area contributed by atoms with Gasteiger partial charge in [0.25, 0.3) is 7.82 Å². The number of carbonyl (C=O) groups is 1. The van der Waals surface area contributed by atoms with Crippen LogP contribution in [0.5, 0.6) is 0 Å². The van der Waals surface area contributed by atoms with Gasteiger partial charge in [-0.3, -0.25) is 9.36 Å². The second kappa shape index (κ2) is 54.8. The molecule has 428 valence electrons. The molecule has 1 amide bonds. The Bertz CT molecular complexity index is 1220. The number of phosphoric ester groups is 1. The molecule has 0 bridgehead atoms. The van der Waals surface area contributed by atoms with Crippen LogP contribution < -0.4 is 10.2 Å². The van der Waals surface area contributed by atoms with Crippen molar-refractivity contribution in [3.63, 3.8) is 0 Å². The van der Waals surface area contributed by atoms with E-state index in [0.29, 0.717) is 17.4 Å². The number of hydrogen-bond acceptors (Lipinski definition) is 6. The van der Waals surface area contributed by atoms with E-state index in [1.54, 1.807) is 6.08 Å². The van der Waals surface area contributed by atoms with E-state index in [0.717, 1.165) is 38.5 Å². The van der Waals surface area contributed by atoms with Crippen molar-refractivity contribution in [3.8, 4) is 0 Å². The third-order valence-corrected chi connectivity index (χ3v) is 15.6. The number of nitrogens with zero attached hydrogens (tertiary/aromatic N) is 1. The molecule has 72 heavy (non-hydrogen) atoms. The monoisotopic (exact) mass is 1040 g/mol. The third-order valence-electron chi connectivity index (χ3n) is 14.7. The van der Waals surface area contributed by atoms with E-state index in [1.165, 1.54) is 263 Å². The number of unbranched alkanes of at least 4 members (excludes halogenated alkanes) is 44. The van der Waals surface area contributed by atoms with Crippen molar-refractivity contribution >= 4 is 13.7 Å². The summed E-state index contributed by atoms with van der Waals surface area (Å²) in [4.78, 5) is 25.5. The van der Waals surface area contributed by atoms with E-state index < -0.39 is 20.0 Å². The van der Waals surface area contributed by atoms with Crippen LogP contribution in [0.4, 0.5) is 0 Å². The molecule has 0 spiro atoms. The van der Waals surface area contributed by atoms with Crippen molar-refractivity contribution in [3.05, 3.63) is 24.3 Å². The Morgan fingerprint density at radius 1 is 0.472 bits per heavy atom. The van der Waals surface area contributed by atoms with Gasteiger partial charge >= 0.3 is 0 Å². The summed E-state index contributed by atoms with van der Waals surface area (Å²) in [7, 11) is 1.27. The van der Waals surface area contributed by atoms with Crippen LogP contribution >= 0.6 is 7.82 Å². The molecule has 0 radical (unpaired) electrons. The first-order valence-corrected chi connectivity index (χ1v) is 33.2. The van der Waals surface area contributed by atoms with E-state index in [4.69, 9.17) is 9.05 Å². The minimum Gasteiger partial charge on any atom is -0.756 e. The molecule has 0 heterocycles. The van der Waals surface area contributed by atoms with Crippen molar-refractivity contribution in [1.29, 1.82) is 0 Å². The smallest absolute Gasteiger partial charge is 0.268 e. The van der Waals surface area contributed by atoms with Gasteiger partial charge in [-0.05, 0) is 44.9 Å². The average molecular weight is 1040 g/mol. The van der Waals surface area contributed by atoms with E-state index in [2.05, 4.69) is 31.3 Å². The van der Waals surface area contributed by atoms with Gasteiger partial charge in [-0.15, -0.1) is 0 Å². The Kier molecular flexibility index (Phi) is 54.0.